The molecule has 0 aromatic heterocycles. The summed E-state index contributed by atoms with van der Waals surface area (Å²) in [5, 5.41) is 30.0. The molecule has 5 aliphatic carbocycles. The van der Waals surface area contributed by atoms with Crippen LogP contribution in [-0.4, -0.2) is 95.4 Å². The highest BCUT2D eigenvalue weighted by molar-refractivity contribution is 7.99. The van der Waals surface area contributed by atoms with E-state index >= 15 is 0 Å². The highest BCUT2D eigenvalue weighted by atomic mass is 35.5. The molecule has 0 amide bonds. The van der Waals surface area contributed by atoms with E-state index in [2.05, 4.69) is 51.3 Å². The van der Waals surface area contributed by atoms with E-state index in [4.69, 9.17) is 5.11 Å². The molecule has 2 aromatic rings. The molecule has 14 heteroatoms. The number of carbonyl (C=O) groups excluding carboxylic acids is 1. The minimum atomic E-state index is -4.35. The van der Waals surface area contributed by atoms with E-state index in [0.717, 1.165) is 106 Å². The van der Waals surface area contributed by atoms with Gasteiger partial charge in [-0.05, 0) is 153 Å². The van der Waals surface area contributed by atoms with Crippen molar-refractivity contribution in [3.05, 3.63) is 59.7 Å². The number of allylic oxidation sites excluding steroid dienone is 2. The Hall–Kier alpha value is -2.32. The quantitative estimate of drug-likeness (QED) is 0.250. The molecular formula is C52H74Cl2F3N3O5S. The molecule has 0 spiro atoms. The number of β-amino-alcohol motifs (C(OH)–C–C–N with tert-alkyl or cyclic N) is 1. The summed E-state index contributed by atoms with van der Waals surface area (Å²) in [6.07, 6.45) is 6.47. The van der Waals surface area contributed by atoms with Gasteiger partial charge < -0.3 is 25.1 Å². The number of carboxylic acid groups (broad SMARTS) is 1. The number of carbonyl (C=O) groups is 2. The van der Waals surface area contributed by atoms with Crippen LogP contribution < -0.4 is 4.90 Å². The van der Waals surface area contributed by atoms with Gasteiger partial charge >= 0.3 is 12.1 Å². The summed E-state index contributed by atoms with van der Waals surface area (Å²) >= 11 is 1.53. The van der Waals surface area contributed by atoms with Gasteiger partial charge in [0, 0.05) is 55.0 Å². The Kier molecular flexibility index (Phi) is 15.4. The van der Waals surface area contributed by atoms with Gasteiger partial charge in [0.15, 0.2) is 5.78 Å². The number of para-hydroxylation sites is 1. The minimum absolute atomic E-state index is 0. The third kappa shape index (κ3) is 9.02. The Balaban J connectivity index is 0.000000213. The van der Waals surface area contributed by atoms with Crippen molar-refractivity contribution in [3.8, 4) is 0 Å². The predicted octanol–water partition coefficient (Wildman–Crippen LogP) is 11.6. The van der Waals surface area contributed by atoms with Gasteiger partial charge in [-0.3, -0.25) is 14.5 Å². The van der Waals surface area contributed by atoms with E-state index in [1.165, 1.54) is 29.5 Å². The second-order valence-corrected chi connectivity index (χ2v) is 23.7. The van der Waals surface area contributed by atoms with E-state index in [-0.39, 0.29) is 82.2 Å². The number of aliphatic hydroxyl groups excluding tert-OH is 2. The van der Waals surface area contributed by atoms with Gasteiger partial charge in [0.05, 0.1) is 35.1 Å². The first-order chi connectivity index (χ1) is 30.0. The number of alkyl halides is 3. The van der Waals surface area contributed by atoms with Gasteiger partial charge in [-0.1, -0.05) is 71.0 Å². The van der Waals surface area contributed by atoms with E-state index in [0.29, 0.717) is 31.1 Å². The lowest BCUT2D eigenvalue weighted by atomic mass is 9.33. The van der Waals surface area contributed by atoms with Crippen molar-refractivity contribution >= 4 is 59.7 Å². The SMILES string of the molecule is CC1(C(=O)O)CCC2(C)CCC3(C)C(=CC(=O)C4C5(C)CCC(O)C(C)(C)C5CCC43C)C2C1.Cl.Cl.OCCN1CCN(CCCN2c3ccccc3Sc3ccc(C(F)(F)F)cc32)CC1. The second-order valence-electron chi connectivity index (χ2n) is 22.6. The number of nitrogens with zero attached hydrogens (tertiary/aromatic N) is 3. The largest absolute Gasteiger partial charge is 0.481 e. The minimum Gasteiger partial charge on any atom is -0.481 e. The number of fused-ring (bicyclic) bond motifs is 9. The van der Waals surface area contributed by atoms with Gasteiger partial charge in [0.1, 0.15) is 0 Å². The van der Waals surface area contributed by atoms with Crippen molar-refractivity contribution in [1.82, 2.24) is 9.80 Å². The van der Waals surface area contributed by atoms with Crippen LogP contribution >= 0.6 is 36.6 Å². The number of carboxylic acids is 1. The van der Waals surface area contributed by atoms with E-state index in [1.54, 1.807) is 6.07 Å². The summed E-state index contributed by atoms with van der Waals surface area (Å²) in [4.78, 5) is 35.1. The summed E-state index contributed by atoms with van der Waals surface area (Å²) in [5.74, 6) is 0.0603. The molecule has 66 heavy (non-hydrogen) atoms. The van der Waals surface area contributed by atoms with Crippen LogP contribution in [0.15, 0.2) is 63.9 Å². The maximum absolute atomic E-state index is 14.2. The third-order valence-corrected chi connectivity index (χ3v) is 19.9. The van der Waals surface area contributed by atoms with Gasteiger partial charge in [0.2, 0.25) is 0 Å². The maximum atomic E-state index is 14.2. The lowest BCUT2D eigenvalue weighted by Crippen LogP contribution is -2.66. The molecule has 9 rings (SSSR count). The lowest BCUT2D eigenvalue weighted by Gasteiger charge is -2.70. The molecule has 2 aromatic carbocycles. The van der Waals surface area contributed by atoms with Crippen LogP contribution in [0, 0.1) is 50.2 Å². The van der Waals surface area contributed by atoms with Crippen molar-refractivity contribution in [3.63, 3.8) is 0 Å². The summed E-state index contributed by atoms with van der Waals surface area (Å²) < 4.78 is 39.9. The molecule has 9 atom stereocenters. The topological polar surface area (TPSA) is 105 Å². The fraction of sp³-hybridized carbons (Fsp3) is 0.692. The Morgan fingerprint density at radius 1 is 0.803 bits per heavy atom. The average molecular weight is 981 g/mol. The number of halogens is 5. The van der Waals surface area contributed by atoms with Crippen molar-refractivity contribution in [2.45, 2.75) is 135 Å². The fourth-order valence-corrected chi connectivity index (χ4v) is 15.5. The summed E-state index contributed by atoms with van der Waals surface area (Å²) in [7, 11) is 0. The molecule has 7 aliphatic rings. The molecule has 3 N–H and O–H groups in total. The van der Waals surface area contributed by atoms with E-state index in [1.807, 2.05) is 42.2 Å². The highest BCUT2D eigenvalue weighted by Gasteiger charge is 2.70. The summed E-state index contributed by atoms with van der Waals surface area (Å²) in [6, 6.07) is 11.9. The van der Waals surface area contributed by atoms with Crippen LogP contribution in [0.4, 0.5) is 24.5 Å². The average Bonchev–Trinajstić information content (AvgIpc) is 3.24. The smallest absolute Gasteiger partial charge is 0.416 e. The maximum Gasteiger partial charge on any atom is 0.416 e. The van der Waals surface area contributed by atoms with Gasteiger partial charge in [-0.15, -0.1) is 24.8 Å². The Morgan fingerprint density at radius 2 is 1.44 bits per heavy atom. The second kappa shape index (κ2) is 19.1. The first-order valence-electron chi connectivity index (χ1n) is 24.0. The fourth-order valence-electron chi connectivity index (χ4n) is 14.4. The number of aliphatic hydroxyl groups is 2. The molecule has 4 saturated carbocycles. The van der Waals surface area contributed by atoms with Gasteiger partial charge in [-0.25, -0.2) is 0 Å². The Bertz CT molecular complexity index is 2150. The van der Waals surface area contributed by atoms with Crippen LogP contribution in [0.5, 0.6) is 0 Å². The predicted molar refractivity (Wildman–Crippen MR) is 261 cm³/mol. The third-order valence-electron chi connectivity index (χ3n) is 18.8. The molecule has 5 fully saturated rings. The number of rotatable bonds is 7. The highest BCUT2D eigenvalue weighted by Crippen LogP contribution is 2.75. The summed E-state index contributed by atoms with van der Waals surface area (Å²) in [5.41, 5.74) is 1.15. The van der Waals surface area contributed by atoms with Crippen LogP contribution in [0.1, 0.15) is 118 Å². The molecular weight excluding hydrogens is 907 g/mol. The summed E-state index contributed by atoms with van der Waals surface area (Å²) in [6.45, 7) is 22.1. The van der Waals surface area contributed by atoms with Crippen LogP contribution in [0.3, 0.4) is 0 Å². The van der Waals surface area contributed by atoms with E-state index < -0.39 is 23.1 Å². The Morgan fingerprint density at radius 3 is 2.09 bits per heavy atom. The number of hydrogen-bond donors (Lipinski definition) is 3. The molecule has 1 saturated heterocycles. The Labute approximate surface area is 407 Å². The first-order valence-corrected chi connectivity index (χ1v) is 24.8. The number of ketones is 1. The molecule has 0 radical (unpaired) electrons. The number of benzene rings is 2. The van der Waals surface area contributed by atoms with Crippen LogP contribution in [0.25, 0.3) is 0 Å². The standard InChI is InChI=1S/C30H46O4.C22H26F3N3OS.2ClH/c1-25(2)21-8-11-30(7)23(28(21,5)10-9-22(25)32)20(31)16-18-19-17-27(4,24(33)34)13-12-26(19,3)14-15-29(18,30)6;23-22(24,25)17-6-7-21-19(16-17)28(18-4-1-2-5-20(18)30-21)9-3-8-26-10-12-27(13-11-26)14-15-29;;/h16,19,21-23,32H,8-15,17H2,1-7H3,(H,33,34);1-2,4-7,16,29H,3,8-15H2;2*1H. The van der Waals surface area contributed by atoms with Crippen LogP contribution in [0.2, 0.25) is 0 Å². The first kappa shape index (κ1) is 53.0. The number of hydrogen-bond acceptors (Lipinski definition) is 8. The number of aliphatic carboxylic acids is 1. The molecule has 2 heterocycles. The van der Waals surface area contributed by atoms with Crippen molar-refractivity contribution < 1.29 is 38.1 Å². The van der Waals surface area contributed by atoms with Gasteiger partial charge in [0.25, 0.3) is 0 Å². The van der Waals surface area contributed by atoms with Gasteiger partial charge in [-0.2, -0.15) is 13.2 Å². The number of piperazine rings is 1. The van der Waals surface area contributed by atoms with Crippen molar-refractivity contribution in [1.29, 1.82) is 0 Å². The monoisotopic (exact) mass is 979 g/mol. The van der Waals surface area contributed by atoms with Crippen molar-refractivity contribution in [2.75, 3.05) is 57.3 Å². The zero-order valence-electron chi connectivity index (χ0n) is 40.0. The zero-order chi connectivity index (χ0) is 46.3. The lowest BCUT2D eigenvalue weighted by molar-refractivity contribution is -0.202. The molecule has 368 valence electrons. The van der Waals surface area contributed by atoms with Crippen LogP contribution in [-0.2, 0) is 15.8 Å². The molecule has 2 aliphatic heterocycles. The number of anilines is 2. The molecule has 8 nitrogen and oxygen atoms in total. The molecule has 9 unspecified atom stereocenters. The zero-order valence-corrected chi connectivity index (χ0v) is 42.5. The van der Waals surface area contributed by atoms with E-state index in [9.17, 15) is 33.0 Å². The van der Waals surface area contributed by atoms with Crippen molar-refractivity contribution in [2.24, 2.45) is 50.2 Å². The molecule has 0 bridgehead atoms. The normalized spacial score (nSPS) is 35.9.